The molecule has 5 nitrogen and oxygen atoms in total. The van der Waals surface area contributed by atoms with E-state index in [1.54, 1.807) is 12.2 Å². The summed E-state index contributed by atoms with van der Waals surface area (Å²) >= 11 is 0. The van der Waals surface area contributed by atoms with Crippen molar-refractivity contribution in [3.05, 3.63) is 12.2 Å². The second kappa shape index (κ2) is 5.85. The molecule has 0 bridgehead atoms. The monoisotopic (exact) mass is 216 g/mol. The molecule has 15 heavy (non-hydrogen) atoms. The highest BCUT2D eigenvalue weighted by Gasteiger charge is 2.28. The van der Waals surface area contributed by atoms with Crippen LogP contribution in [-0.2, 0) is 19.0 Å². The predicted molar refractivity (Wildman–Crippen MR) is 52.1 cm³/mol. The molecule has 0 fully saturated rings. The fraction of sp³-hybridized carbons (Fsp3) is 0.700. The van der Waals surface area contributed by atoms with Gasteiger partial charge in [0.05, 0.1) is 6.61 Å². The van der Waals surface area contributed by atoms with Crippen LogP contribution < -0.4 is 0 Å². The first kappa shape index (κ1) is 12.2. The smallest absolute Gasteiger partial charge is 0.303 e. The molecule has 0 aromatic carbocycles. The van der Waals surface area contributed by atoms with Gasteiger partial charge in [-0.1, -0.05) is 0 Å². The van der Waals surface area contributed by atoms with Crippen LogP contribution in [0.4, 0.5) is 0 Å². The molecule has 1 heterocycles. The number of carbonyl (C=O) groups is 1. The first-order valence-electron chi connectivity index (χ1n) is 4.90. The van der Waals surface area contributed by atoms with Crippen LogP contribution in [0.5, 0.6) is 0 Å². The van der Waals surface area contributed by atoms with Crippen molar-refractivity contribution in [3.63, 3.8) is 0 Å². The lowest BCUT2D eigenvalue weighted by atomic mass is 10.1. The maximum absolute atomic E-state index is 10.8. The van der Waals surface area contributed by atoms with Crippen molar-refractivity contribution < 1.29 is 24.1 Å². The van der Waals surface area contributed by atoms with E-state index in [-0.39, 0.29) is 6.61 Å². The molecule has 0 saturated carbocycles. The van der Waals surface area contributed by atoms with Crippen molar-refractivity contribution in [2.24, 2.45) is 0 Å². The molecule has 0 aliphatic carbocycles. The number of hydrogen-bond donors (Lipinski definition) is 1. The molecule has 0 spiro atoms. The number of rotatable bonds is 4. The molecule has 1 rings (SSSR count). The second-order valence-corrected chi connectivity index (χ2v) is 3.14. The first-order chi connectivity index (χ1) is 7.17. The van der Waals surface area contributed by atoms with Crippen molar-refractivity contribution in [1.29, 1.82) is 0 Å². The van der Waals surface area contributed by atoms with E-state index in [2.05, 4.69) is 0 Å². The quantitative estimate of drug-likeness (QED) is 0.538. The molecular weight excluding hydrogens is 200 g/mol. The molecule has 1 N–H and O–H groups in total. The van der Waals surface area contributed by atoms with Gasteiger partial charge in [0.25, 0.3) is 0 Å². The molecule has 0 radical (unpaired) electrons. The van der Waals surface area contributed by atoms with E-state index < -0.39 is 24.5 Å². The van der Waals surface area contributed by atoms with Gasteiger partial charge in [-0.15, -0.1) is 0 Å². The third-order valence-electron chi connectivity index (χ3n) is 1.95. The van der Waals surface area contributed by atoms with E-state index in [9.17, 15) is 4.79 Å². The van der Waals surface area contributed by atoms with Gasteiger partial charge in [0, 0.05) is 13.5 Å². The first-order valence-corrected chi connectivity index (χ1v) is 4.90. The topological polar surface area (TPSA) is 65.0 Å². The van der Waals surface area contributed by atoms with Crippen LogP contribution in [0.3, 0.4) is 0 Å². The van der Waals surface area contributed by atoms with Crippen LogP contribution in [0.25, 0.3) is 0 Å². The van der Waals surface area contributed by atoms with Gasteiger partial charge in [-0.05, 0) is 19.1 Å². The Morgan fingerprint density at radius 3 is 2.80 bits per heavy atom. The number of esters is 1. The Hall–Kier alpha value is -0.910. The molecule has 1 aliphatic heterocycles. The van der Waals surface area contributed by atoms with Crippen molar-refractivity contribution in [2.75, 3.05) is 13.2 Å². The summed E-state index contributed by atoms with van der Waals surface area (Å²) in [6.07, 6.45) is 1.77. The van der Waals surface area contributed by atoms with Crippen molar-refractivity contribution in [3.8, 4) is 0 Å². The van der Waals surface area contributed by atoms with E-state index in [4.69, 9.17) is 19.3 Å². The van der Waals surface area contributed by atoms with Crippen molar-refractivity contribution >= 4 is 5.97 Å². The molecule has 3 atom stereocenters. The Balaban J connectivity index is 2.57. The zero-order valence-electron chi connectivity index (χ0n) is 8.88. The molecule has 0 saturated heterocycles. The van der Waals surface area contributed by atoms with E-state index in [0.29, 0.717) is 6.61 Å². The van der Waals surface area contributed by atoms with Crippen LogP contribution >= 0.6 is 0 Å². The third-order valence-corrected chi connectivity index (χ3v) is 1.95. The lowest BCUT2D eigenvalue weighted by molar-refractivity contribution is -0.190. The Bertz CT molecular complexity index is 238. The molecule has 5 heteroatoms. The highest BCUT2D eigenvalue weighted by atomic mass is 16.7. The van der Waals surface area contributed by atoms with Crippen LogP contribution in [0.15, 0.2) is 12.2 Å². The van der Waals surface area contributed by atoms with Gasteiger partial charge in [0.1, 0.15) is 12.2 Å². The maximum Gasteiger partial charge on any atom is 0.303 e. The van der Waals surface area contributed by atoms with Crippen LogP contribution in [0.2, 0.25) is 0 Å². The minimum Gasteiger partial charge on any atom is -0.455 e. The molecule has 86 valence electrons. The highest BCUT2D eigenvalue weighted by molar-refractivity contribution is 5.66. The van der Waals surface area contributed by atoms with Gasteiger partial charge in [-0.25, -0.2) is 0 Å². The summed E-state index contributed by atoms with van der Waals surface area (Å²) in [6.45, 7) is 3.47. The lowest BCUT2D eigenvalue weighted by Gasteiger charge is -2.30. The summed E-state index contributed by atoms with van der Waals surface area (Å²) in [5.74, 6) is -0.401. The molecule has 0 aromatic heterocycles. The van der Waals surface area contributed by atoms with Gasteiger partial charge < -0.3 is 19.3 Å². The minimum absolute atomic E-state index is 0.216. The van der Waals surface area contributed by atoms with E-state index in [1.807, 2.05) is 6.92 Å². The predicted octanol–water partition coefficient (Wildman–Crippen LogP) is 0.228. The minimum atomic E-state index is -0.560. The summed E-state index contributed by atoms with van der Waals surface area (Å²) in [4.78, 5) is 10.8. The van der Waals surface area contributed by atoms with Gasteiger partial charge in [0.2, 0.25) is 0 Å². The van der Waals surface area contributed by atoms with Gasteiger partial charge in [0.15, 0.2) is 6.29 Å². The maximum atomic E-state index is 10.8. The Morgan fingerprint density at radius 1 is 1.53 bits per heavy atom. The van der Waals surface area contributed by atoms with Gasteiger partial charge >= 0.3 is 5.97 Å². The summed E-state index contributed by atoms with van der Waals surface area (Å²) in [5, 5.41) is 9.05. The van der Waals surface area contributed by atoms with E-state index >= 15 is 0 Å². The fourth-order valence-electron chi connectivity index (χ4n) is 1.33. The average Bonchev–Trinajstić information content (AvgIpc) is 2.20. The van der Waals surface area contributed by atoms with Crippen LogP contribution in [0, 0.1) is 0 Å². The van der Waals surface area contributed by atoms with E-state index in [1.165, 1.54) is 6.92 Å². The zero-order valence-corrected chi connectivity index (χ0v) is 8.88. The Kier molecular flexibility index (Phi) is 4.74. The molecule has 1 aliphatic rings. The third kappa shape index (κ3) is 3.62. The number of carbonyl (C=O) groups excluding carboxylic acids is 1. The standard InChI is InChI=1S/C10H16O5/c1-3-13-10-5-4-8(14-7(2)12)9(6-11)15-10/h4-5,8-11H,3,6H2,1-2H3/t8-,9+,10-/m0/s1. The normalized spacial score (nSPS) is 30.2. The molecule has 0 aromatic rings. The molecule has 0 unspecified atom stereocenters. The van der Waals surface area contributed by atoms with Crippen molar-refractivity contribution in [1.82, 2.24) is 0 Å². The molecule has 0 amide bonds. The number of aliphatic hydroxyl groups is 1. The number of hydrogen-bond acceptors (Lipinski definition) is 5. The zero-order chi connectivity index (χ0) is 11.3. The summed E-state index contributed by atoms with van der Waals surface area (Å²) in [7, 11) is 0. The lowest BCUT2D eigenvalue weighted by Crippen LogP contribution is -2.41. The van der Waals surface area contributed by atoms with Gasteiger partial charge in [-0.3, -0.25) is 4.79 Å². The largest absolute Gasteiger partial charge is 0.455 e. The van der Waals surface area contributed by atoms with Crippen LogP contribution in [-0.4, -0.2) is 42.8 Å². The Morgan fingerprint density at radius 2 is 2.27 bits per heavy atom. The summed E-state index contributed by atoms with van der Waals surface area (Å²) in [5.41, 5.74) is 0. The van der Waals surface area contributed by atoms with Gasteiger partial charge in [-0.2, -0.15) is 0 Å². The Labute approximate surface area is 88.6 Å². The average molecular weight is 216 g/mol. The highest BCUT2D eigenvalue weighted by Crippen LogP contribution is 2.16. The SMILES string of the molecule is CCO[C@@H]1C=C[C@H](OC(C)=O)[C@@H](CO)O1. The fourth-order valence-corrected chi connectivity index (χ4v) is 1.33. The second-order valence-electron chi connectivity index (χ2n) is 3.14. The van der Waals surface area contributed by atoms with Crippen LogP contribution in [0.1, 0.15) is 13.8 Å². The number of aliphatic hydroxyl groups excluding tert-OH is 1. The summed E-state index contributed by atoms with van der Waals surface area (Å²) in [6, 6.07) is 0. The number of ether oxygens (including phenoxy) is 3. The molecular formula is C10H16O5. The van der Waals surface area contributed by atoms with E-state index in [0.717, 1.165) is 0 Å². The summed E-state index contributed by atoms with van der Waals surface area (Å²) < 4.78 is 15.5. The van der Waals surface area contributed by atoms with Crippen molar-refractivity contribution in [2.45, 2.75) is 32.3 Å².